The number of nitrogens with zero attached hydrogens (tertiary/aromatic N) is 9. The molecule has 1 aliphatic rings. The molecule has 0 amide bonds. The summed E-state index contributed by atoms with van der Waals surface area (Å²) >= 11 is 5.99. The topological polar surface area (TPSA) is 80.3 Å². The maximum absolute atomic E-state index is 5.99. The molecule has 0 aliphatic carbocycles. The van der Waals surface area contributed by atoms with Gasteiger partial charge in [0.15, 0.2) is 5.82 Å². The first-order chi connectivity index (χ1) is 16.6. The fraction of sp³-hybridized carbons (Fsp3) is 0.208. The molecule has 170 valence electrons. The van der Waals surface area contributed by atoms with Gasteiger partial charge in [0.25, 0.3) is 0 Å². The average Bonchev–Trinajstić information content (AvgIpc) is 3.51. The highest BCUT2D eigenvalue weighted by Gasteiger charge is 2.22. The van der Waals surface area contributed by atoms with Crippen molar-refractivity contribution in [3.63, 3.8) is 0 Å². The summed E-state index contributed by atoms with van der Waals surface area (Å²) in [5.74, 6) is 1.68. The van der Waals surface area contributed by atoms with E-state index in [4.69, 9.17) is 11.6 Å². The Morgan fingerprint density at radius 2 is 1.47 bits per heavy atom. The molecule has 0 atom stereocenters. The van der Waals surface area contributed by atoms with E-state index in [1.165, 1.54) is 0 Å². The smallest absolute Gasteiger partial charge is 0.225 e. The highest BCUT2D eigenvalue weighted by molar-refractivity contribution is 6.30. The van der Waals surface area contributed by atoms with Gasteiger partial charge in [0.2, 0.25) is 5.95 Å². The van der Waals surface area contributed by atoms with Crippen LogP contribution in [0.15, 0.2) is 67.6 Å². The molecule has 4 aromatic heterocycles. The van der Waals surface area contributed by atoms with Crippen LogP contribution in [0.3, 0.4) is 0 Å². The van der Waals surface area contributed by atoms with Gasteiger partial charge in [-0.3, -0.25) is 4.68 Å². The summed E-state index contributed by atoms with van der Waals surface area (Å²) in [5.41, 5.74) is 5.13. The predicted molar refractivity (Wildman–Crippen MR) is 132 cm³/mol. The second-order valence-corrected chi connectivity index (χ2v) is 8.73. The molecule has 6 rings (SSSR count). The predicted octanol–water partition coefficient (Wildman–Crippen LogP) is 3.57. The monoisotopic (exact) mass is 471 g/mol. The van der Waals surface area contributed by atoms with Gasteiger partial charge in [-0.15, -0.1) is 0 Å². The van der Waals surface area contributed by atoms with Crippen LogP contribution in [0.25, 0.3) is 27.8 Å². The second-order valence-electron chi connectivity index (χ2n) is 8.30. The van der Waals surface area contributed by atoms with Crippen molar-refractivity contribution in [3.8, 4) is 22.3 Å². The highest BCUT2D eigenvalue weighted by atomic mass is 35.5. The Kier molecular flexibility index (Phi) is 5.10. The first-order valence-corrected chi connectivity index (χ1v) is 11.4. The molecule has 0 bridgehead atoms. The van der Waals surface area contributed by atoms with Crippen molar-refractivity contribution in [1.29, 1.82) is 0 Å². The number of hydrogen-bond acceptors (Lipinski definition) is 7. The molecule has 0 N–H and O–H groups in total. The minimum Gasteiger partial charge on any atom is -0.351 e. The summed E-state index contributed by atoms with van der Waals surface area (Å²) in [6.07, 6.45) is 11.2. The third-order valence-electron chi connectivity index (χ3n) is 6.10. The van der Waals surface area contributed by atoms with Gasteiger partial charge in [0.05, 0.1) is 6.20 Å². The van der Waals surface area contributed by atoms with E-state index in [2.05, 4.69) is 41.0 Å². The fourth-order valence-electron chi connectivity index (χ4n) is 4.28. The summed E-state index contributed by atoms with van der Waals surface area (Å²) in [5, 5.41) is 9.40. The molecule has 0 saturated carbocycles. The van der Waals surface area contributed by atoms with Crippen molar-refractivity contribution < 1.29 is 0 Å². The van der Waals surface area contributed by atoms with Gasteiger partial charge < -0.3 is 9.80 Å². The third-order valence-corrected chi connectivity index (χ3v) is 6.35. The van der Waals surface area contributed by atoms with Crippen molar-refractivity contribution in [2.24, 2.45) is 7.05 Å². The van der Waals surface area contributed by atoms with Crippen molar-refractivity contribution in [2.45, 2.75) is 0 Å². The molecular weight excluding hydrogens is 450 g/mol. The second kappa shape index (κ2) is 8.42. The van der Waals surface area contributed by atoms with Crippen LogP contribution in [-0.4, -0.2) is 60.5 Å². The van der Waals surface area contributed by atoms with E-state index in [1.54, 1.807) is 11.0 Å². The van der Waals surface area contributed by atoms with Gasteiger partial charge in [0.1, 0.15) is 11.8 Å². The number of fused-ring (bicyclic) bond motifs is 1. The van der Waals surface area contributed by atoms with Gasteiger partial charge in [-0.05, 0) is 23.8 Å². The van der Waals surface area contributed by atoms with Crippen LogP contribution in [0.2, 0.25) is 5.02 Å². The average molecular weight is 472 g/mol. The molecule has 0 radical (unpaired) electrons. The van der Waals surface area contributed by atoms with Crippen molar-refractivity contribution in [2.75, 3.05) is 36.0 Å². The molecule has 1 saturated heterocycles. The lowest BCUT2D eigenvalue weighted by Gasteiger charge is -2.35. The van der Waals surface area contributed by atoms with Crippen LogP contribution in [0.4, 0.5) is 11.8 Å². The molecule has 34 heavy (non-hydrogen) atoms. The van der Waals surface area contributed by atoms with Crippen LogP contribution >= 0.6 is 11.6 Å². The van der Waals surface area contributed by atoms with Gasteiger partial charge in [-0.25, -0.2) is 19.5 Å². The van der Waals surface area contributed by atoms with Crippen LogP contribution in [0.1, 0.15) is 0 Å². The SMILES string of the molecule is Cn1cc(-c2cc3c(N4CCN(c5ncc(-c6ccc(Cl)cc6)cn5)CC4)ncnn3c2)cn1. The quantitative estimate of drug-likeness (QED) is 0.396. The van der Waals surface area contributed by atoms with E-state index in [0.29, 0.717) is 5.02 Å². The lowest BCUT2D eigenvalue weighted by molar-refractivity contribution is 0.633. The van der Waals surface area contributed by atoms with Gasteiger partial charge in [-0.1, -0.05) is 23.7 Å². The Morgan fingerprint density at radius 1 is 0.735 bits per heavy atom. The number of halogens is 1. The normalized spacial score (nSPS) is 14.2. The van der Waals surface area contributed by atoms with E-state index < -0.39 is 0 Å². The standard InChI is InChI=1S/C24H22ClN9/c1-31-14-20(13-29-31)18-10-22-23(28-16-30-34(22)15-18)32-6-8-33(9-7-32)24-26-11-19(12-27-24)17-2-4-21(25)5-3-17/h2-5,10-16H,6-9H2,1H3. The third kappa shape index (κ3) is 3.84. The maximum atomic E-state index is 5.99. The highest BCUT2D eigenvalue weighted by Crippen LogP contribution is 2.27. The number of aryl methyl sites for hydroxylation is 1. The summed E-state index contributed by atoms with van der Waals surface area (Å²) in [7, 11) is 1.92. The Morgan fingerprint density at radius 3 is 2.18 bits per heavy atom. The van der Waals surface area contributed by atoms with E-state index in [0.717, 1.165) is 65.7 Å². The molecule has 1 aliphatic heterocycles. The summed E-state index contributed by atoms with van der Waals surface area (Å²) < 4.78 is 3.68. The Labute approximate surface area is 201 Å². The largest absolute Gasteiger partial charge is 0.351 e. The molecule has 1 aromatic carbocycles. The first kappa shape index (κ1) is 20.6. The van der Waals surface area contributed by atoms with Crippen LogP contribution in [0, 0.1) is 0 Å². The van der Waals surface area contributed by atoms with Crippen molar-refractivity contribution in [1.82, 2.24) is 34.3 Å². The van der Waals surface area contributed by atoms with Gasteiger partial charge >= 0.3 is 0 Å². The zero-order valence-electron chi connectivity index (χ0n) is 18.6. The zero-order valence-corrected chi connectivity index (χ0v) is 19.3. The molecule has 0 spiro atoms. The summed E-state index contributed by atoms with van der Waals surface area (Å²) in [6, 6.07) is 9.82. The lowest BCUT2D eigenvalue weighted by Crippen LogP contribution is -2.47. The molecule has 9 nitrogen and oxygen atoms in total. The Hall–Kier alpha value is -3.98. The molecule has 1 fully saturated rings. The van der Waals surface area contributed by atoms with Crippen molar-refractivity contribution >= 4 is 28.9 Å². The van der Waals surface area contributed by atoms with Crippen LogP contribution in [-0.2, 0) is 7.05 Å². The van der Waals surface area contributed by atoms with Gasteiger partial charge in [-0.2, -0.15) is 10.2 Å². The Bertz CT molecular complexity index is 1430. The van der Waals surface area contributed by atoms with E-state index in [-0.39, 0.29) is 0 Å². The lowest BCUT2D eigenvalue weighted by atomic mass is 10.1. The molecule has 5 heterocycles. The minimum absolute atomic E-state index is 0.716. The summed E-state index contributed by atoms with van der Waals surface area (Å²) in [6.45, 7) is 3.27. The zero-order chi connectivity index (χ0) is 23.1. The molecular formula is C24H22ClN9. The Balaban J connectivity index is 1.18. The number of anilines is 2. The maximum Gasteiger partial charge on any atom is 0.225 e. The minimum atomic E-state index is 0.716. The van der Waals surface area contributed by atoms with Crippen molar-refractivity contribution in [3.05, 3.63) is 72.7 Å². The number of hydrogen-bond donors (Lipinski definition) is 0. The molecule has 5 aromatic rings. The summed E-state index contributed by atoms with van der Waals surface area (Å²) in [4.78, 5) is 18.3. The van der Waals surface area contributed by atoms with E-state index in [1.807, 2.05) is 66.8 Å². The van der Waals surface area contributed by atoms with E-state index in [9.17, 15) is 0 Å². The van der Waals surface area contributed by atoms with Crippen LogP contribution in [0.5, 0.6) is 0 Å². The first-order valence-electron chi connectivity index (χ1n) is 11.0. The van der Waals surface area contributed by atoms with E-state index >= 15 is 0 Å². The number of benzene rings is 1. The number of rotatable bonds is 4. The molecule has 0 unspecified atom stereocenters. The number of piperazine rings is 1. The molecule has 10 heteroatoms. The fourth-order valence-corrected chi connectivity index (χ4v) is 4.41. The van der Waals surface area contributed by atoms with Gasteiger partial charge in [0, 0.05) is 79.7 Å². The van der Waals surface area contributed by atoms with Crippen LogP contribution < -0.4 is 9.80 Å². The number of aromatic nitrogens is 7.